The van der Waals surface area contributed by atoms with E-state index in [1.807, 2.05) is 0 Å². The number of amides is 1. The summed E-state index contributed by atoms with van der Waals surface area (Å²) in [6, 6.07) is -0.791. The van der Waals surface area contributed by atoms with E-state index in [1.165, 1.54) is 11.8 Å². The number of carbonyl (C=O) groups is 4. The molecule has 0 aromatic rings. The second-order valence-corrected chi connectivity index (χ2v) is 8.03. The van der Waals surface area contributed by atoms with Crippen LogP contribution in [0.15, 0.2) is 0 Å². The molecule has 0 aromatic carbocycles. The molecule has 2 fully saturated rings. The lowest BCUT2D eigenvalue weighted by molar-refractivity contribution is -0.174. The maximum Gasteiger partial charge on any atom is 0.339 e. The van der Waals surface area contributed by atoms with Gasteiger partial charge in [-0.05, 0) is 26.7 Å². The van der Waals surface area contributed by atoms with E-state index in [4.69, 9.17) is 10.8 Å². The molecule has 2 heterocycles. The molecule has 2 aliphatic rings. The largest absolute Gasteiger partial charge is 0.481 e. The molecule has 0 unspecified atom stereocenters. The number of thioether (sulfide) groups is 1. The van der Waals surface area contributed by atoms with Crippen molar-refractivity contribution in [3.05, 3.63) is 0 Å². The molecule has 4 N–H and O–H groups in total. The monoisotopic (exact) mass is 344 g/mol. The molecule has 2 rings (SSSR count). The molecule has 0 aliphatic carbocycles. The molecule has 0 radical (unpaired) electrons. The average Bonchev–Trinajstić information content (AvgIpc) is 2.68. The minimum atomic E-state index is -1.95. The fourth-order valence-corrected chi connectivity index (χ4v) is 5.04. The maximum absolute atomic E-state index is 12.7. The quantitative estimate of drug-likeness (QED) is 0.334. The summed E-state index contributed by atoms with van der Waals surface area (Å²) in [7, 11) is 0. The Morgan fingerprint density at radius 3 is 2.30 bits per heavy atom. The van der Waals surface area contributed by atoms with Crippen LogP contribution in [0.1, 0.15) is 39.5 Å². The molecule has 3 atom stereocenters. The smallest absolute Gasteiger partial charge is 0.339 e. The second kappa shape index (κ2) is 5.79. The standard InChI is InChI=1S/C14H20N2O6S/c1-13(2)14(12(21)22,7(17)5-3-4-6-8(18)19)16-10(20)9(15)11(16)23-13/h9,11H,3-6,15H2,1-2H3,(H,18,19)(H,21,22)/t9-,11-,14+/m1/s1. The number of rotatable bonds is 7. The Morgan fingerprint density at radius 2 is 1.78 bits per heavy atom. The van der Waals surface area contributed by atoms with Crippen molar-refractivity contribution < 1.29 is 29.4 Å². The molecule has 128 valence electrons. The normalized spacial score (nSPS) is 31.4. The van der Waals surface area contributed by atoms with E-state index in [1.54, 1.807) is 13.8 Å². The molecule has 0 aromatic heterocycles. The molecular weight excluding hydrogens is 324 g/mol. The topological polar surface area (TPSA) is 138 Å². The van der Waals surface area contributed by atoms with Crippen LogP contribution < -0.4 is 5.73 Å². The maximum atomic E-state index is 12.7. The Morgan fingerprint density at radius 1 is 1.22 bits per heavy atom. The van der Waals surface area contributed by atoms with Crippen LogP contribution in [0.25, 0.3) is 0 Å². The van der Waals surface area contributed by atoms with Gasteiger partial charge in [0.2, 0.25) is 11.4 Å². The third-order valence-corrected chi connectivity index (χ3v) is 6.12. The van der Waals surface area contributed by atoms with Gasteiger partial charge in [-0.25, -0.2) is 4.79 Å². The van der Waals surface area contributed by atoms with Crippen molar-refractivity contribution in [2.45, 2.75) is 61.2 Å². The molecule has 0 bridgehead atoms. The van der Waals surface area contributed by atoms with Gasteiger partial charge >= 0.3 is 11.9 Å². The predicted octanol–water partition coefficient (Wildman–Crippen LogP) is 0.0449. The summed E-state index contributed by atoms with van der Waals surface area (Å²) in [4.78, 5) is 48.4. The summed E-state index contributed by atoms with van der Waals surface area (Å²) in [5.74, 6) is -3.43. The van der Waals surface area contributed by atoms with E-state index in [0.717, 1.165) is 4.90 Å². The Hall–Kier alpha value is -1.61. The first-order chi connectivity index (χ1) is 10.6. The van der Waals surface area contributed by atoms with Crippen LogP contribution in [0.3, 0.4) is 0 Å². The van der Waals surface area contributed by atoms with E-state index >= 15 is 0 Å². The number of carboxylic acids is 2. The van der Waals surface area contributed by atoms with E-state index in [-0.39, 0.29) is 25.7 Å². The first-order valence-corrected chi connectivity index (χ1v) is 8.20. The number of ketones is 1. The van der Waals surface area contributed by atoms with Crippen molar-refractivity contribution in [3.8, 4) is 0 Å². The summed E-state index contributed by atoms with van der Waals surface area (Å²) in [5, 5.41) is 17.9. The van der Waals surface area contributed by atoms with Gasteiger partial charge in [-0.2, -0.15) is 0 Å². The van der Waals surface area contributed by atoms with Crippen LogP contribution in [0.5, 0.6) is 0 Å². The van der Waals surface area contributed by atoms with Gasteiger partial charge in [0.15, 0.2) is 5.78 Å². The van der Waals surface area contributed by atoms with E-state index in [2.05, 4.69) is 0 Å². The lowest BCUT2D eigenvalue weighted by Crippen LogP contribution is -2.76. The SMILES string of the molecule is CC1(C)S[C@@H]2[C@H](N)C(=O)N2[C@]1(C(=O)O)C(=O)CCCCC(=O)O. The van der Waals surface area contributed by atoms with Crippen LogP contribution >= 0.6 is 11.8 Å². The second-order valence-electron chi connectivity index (χ2n) is 6.29. The fraction of sp³-hybridized carbons (Fsp3) is 0.714. The Bertz CT molecular complexity index is 578. The van der Waals surface area contributed by atoms with Gasteiger partial charge in [0.1, 0.15) is 11.4 Å². The highest BCUT2D eigenvalue weighted by atomic mass is 32.2. The lowest BCUT2D eigenvalue weighted by atomic mass is 9.76. The number of unbranched alkanes of at least 4 members (excludes halogenated alkanes) is 1. The molecule has 9 heteroatoms. The van der Waals surface area contributed by atoms with Gasteiger partial charge in [0.25, 0.3) is 0 Å². The Balaban J connectivity index is 2.25. The molecular formula is C14H20N2O6S. The number of nitrogens with two attached hydrogens (primary N) is 1. The summed E-state index contributed by atoms with van der Waals surface area (Å²) < 4.78 is -1.02. The summed E-state index contributed by atoms with van der Waals surface area (Å²) in [6.07, 6.45) is 0.373. The summed E-state index contributed by atoms with van der Waals surface area (Å²) in [5.41, 5.74) is 3.78. The number of carbonyl (C=O) groups excluding carboxylic acids is 2. The van der Waals surface area contributed by atoms with Crippen molar-refractivity contribution >= 4 is 35.4 Å². The van der Waals surface area contributed by atoms with Gasteiger partial charge in [-0.1, -0.05) is 0 Å². The van der Waals surface area contributed by atoms with E-state index in [0.29, 0.717) is 0 Å². The number of hydrogen-bond acceptors (Lipinski definition) is 6. The lowest BCUT2D eigenvalue weighted by Gasteiger charge is -2.47. The molecule has 2 aliphatic heterocycles. The van der Waals surface area contributed by atoms with Crippen molar-refractivity contribution in [1.82, 2.24) is 4.90 Å². The zero-order valence-electron chi connectivity index (χ0n) is 12.9. The number of aliphatic carboxylic acids is 2. The van der Waals surface area contributed by atoms with Crippen molar-refractivity contribution in [3.63, 3.8) is 0 Å². The van der Waals surface area contributed by atoms with Crippen LogP contribution in [0, 0.1) is 0 Å². The molecule has 23 heavy (non-hydrogen) atoms. The van der Waals surface area contributed by atoms with Crippen LogP contribution in [0.2, 0.25) is 0 Å². The fourth-order valence-electron chi connectivity index (χ4n) is 3.34. The summed E-state index contributed by atoms with van der Waals surface area (Å²) >= 11 is 1.22. The van der Waals surface area contributed by atoms with Gasteiger partial charge in [0, 0.05) is 12.8 Å². The first-order valence-electron chi connectivity index (χ1n) is 7.32. The highest BCUT2D eigenvalue weighted by Gasteiger charge is 2.74. The predicted molar refractivity (Wildman–Crippen MR) is 81.8 cm³/mol. The average molecular weight is 344 g/mol. The number of β-lactam (4-membered cyclic amide) rings is 1. The minimum Gasteiger partial charge on any atom is -0.481 e. The van der Waals surface area contributed by atoms with Crippen molar-refractivity contribution in [2.75, 3.05) is 0 Å². The van der Waals surface area contributed by atoms with E-state index in [9.17, 15) is 24.3 Å². The molecule has 8 nitrogen and oxygen atoms in total. The highest BCUT2D eigenvalue weighted by Crippen LogP contribution is 2.57. The molecule has 2 saturated heterocycles. The van der Waals surface area contributed by atoms with Gasteiger partial charge in [0.05, 0.1) is 4.75 Å². The third kappa shape index (κ3) is 2.42. The van der Waals surface area contributed by atoms with Crippen LogP contribution in [-0.4, -0.2) is 60.4 Å². The first kappa shape index (κ1) is 17.7. The zero-order valence-corrected chi connectivity index (χ0v) is 13.8. The van der Waals surface area contributed by atoms with E-state index < -0.39 is 45.3 Å². The Labute approximate surface area is 137 Å². The zero-order chi connectivity index (χ0) is 17.6. The summed E-state index contributed by atoms with van der Waals surface area (Å²) in [6.45, 7) is 3.25. The van der Waals surface area contributed by atoms with Gasteiger partial charge < -0.3 is 20.8 Å². The number of carboxylic acid groups (broad SMARTS) is 2. The van der Waals surface area contributed by atoms with Gasteiger partial charge in [-0.15, -0.1) is 11.8 Å². The van der Waals surface area contributed by atoms with Crippen LogP contribution in [-0.2, 0) is 19.2 Å². The van der Waals surface area contributed by atoms with Gasteiger partial charge in [-0.3, -0.25) is 14.4 Å². The molecule has 1 amide bonds. The van der Waals surface area contributed by atoms with Crippen LogP contribution in [0.4, 0.5) is 0 Å². The van der Waals surface area contributed by atoms with Crippen molar-refractivity contribution in [1.29, 1.82) is 0 Å². The number of nitrogens with zero attached hydrogens (tertiary/aromatic N) is 1. The minimum absolute atomic E-state index is 0.0817. The number of fused-ring (bicyclic) bond motifs is 1. The third-order valence-electron chi connectivity index (χ3n) is 4.49. The Kier molecular flexibility index (Phi) is 4.46. The number of Topliss-reactive ketones (excluding diaryl/α,β-unsaturated/α-hetero) is 1. The highest BCUT2D eigenvalue weighted by molar-refractivity contribution is 8.01. The number of hydrogen-bond donors (Lipinski definition) is 3. The molecule has 0 saturated carbocycles. The van der Waals surface area contributed by atoms with Crippen molar-refractivity contribution in [2.24, 2.45) is 5.73 Å². The molecule has 0 spiro atoms.